The van der Waals surface area contributed by atoms with Crippen LogP contribution in [0.15, 0.2) is 0 Å². The highest BCUT2D eigenvalue weighted by molar-refractivity contribution is 7.47. The van der Waals surface area contributed by atoms with Gasteiger partial charge in [0, 0.05) is 25.7 Å². The largest absolute Gasteiger partial charge is 0.472 e. The fraction of sp³-hybridized carbons (Fsp3) is 0.947. The zero-order valence-corrected chi connectivity index (χ0v) is 63.1. The first-order valence-corrected chi connectivity index (χ1v) is 42.0. The summed E-state index contributed by atoms with van der Waals surface area (Å²) in [5.74, 6) is -0.676. The molecule has 0 aromatic rings. The fourth-order valence-electron chi connectivity index (χ4n) is 11.5. The van der Waals surface area contributed by atoms with Gasteiger partial charge in [0.2, 0.25) is 0 Å². The van der Waals surface area contributed by atoms with E-state index in [0.29, 0.717) is 31.6 Å². The molecule has 0 fully saturated rings. The third kappa shape index (κ3) is 68.6. The molecule has 0 radical (unpaired) electrons. The first-order valence-electron chi connectivity index (χ1n) is 39.0. The summed E-state index contributed by atoms with van der Waals surface area (Å²) in [6.07, 6.45) is 54.2. The number of aliphatic hydroxyl groups is 1. The van der Waals surface area contributed by atoms with Crippen LogP contribution in [0.5, 0.6) is 0 Å². The average Bonchev–Trinajstić information content (AvgIpc) is 1.71. The summed E-state index contributed by atoms with van der Waals surface area (Å²) in [7, 11) is -9.91. The molecule has 2 unspecified atom stereocenters. The number of hydrogen-bond donors (Lipinski definition) is 3. The maximum Gasteiger partial charge on any atom is 0.472 e. The molecule has 0 bridgehead atoms. The van der Waals surface area contributed by atoms with Crippen molar-refractivity contribution in [1.82, 2.24) is 0 Å². The summed E-state index contributed by atoms with van der Waals surface area (Å²) in [6.45, 7) is 9.51. The van der Waals surface area contributed by atoms with Gasteiger partial charge in [0.05, 0.1) is 26.4 Å². The molecule has 0 aliphatic carbocycles. The Labute approximate surface area is 575 Å². The SMILES string of the molecule is CCCCCCCCCCCCCCCCCCCCC(=O)O[C@H](COC(=O)CCCCCCCCCCCCCCCC)COP(=O)(O)OC[C@@H](O)COP(=O)(O)OC[C@@H](COC(=O)CCCCCCCCCC(C)C)OC(=O)CCCCCCCCCCCC(C)C. The number of ether oxygens (including phenoxy) is 4. The second-order valence-corrected chi connectivity index (χ2v) is 30.9. The summed E-state index contributed by atoms with van der Waals surface area (Å²) in [6, 6.07) is 0. The van der Waals surface area contributed by atoms with E-state index in [2.05, 4.69) is 41.5 Å². The molecule has 0 aromatic heterocycles. The lowest BCUT2D eigenvalue weighted by Crippen LogP contribution is -2.30. The van der Waals surface area contributed by atoms with Crippen molar-refractivity contribution >= 4 is 39.5 Å². The number of phosphoric acid groups is 2. The van der Waals surface area contributed by atoms with Crippen molar-refractivity contribution in [2.24, 2.45) is 11.8 Å². The second-order valence-electron chi connectivity index (χ2n) is 28.0. The van der Waals surface area contributed by atoms with Gasteiger partial charge in [-0.05, 0) is 37.5 Å². The van der Waals surface area contributed by atoms with Crippen LogP contribution in [0.3, 0.4) is 0 Å². The molecule has 0 aromatic carbocycles. The van der Waals surface area contributed by atoms with Crippen molar-refractivity contribution in [1.29, 1.82) is 0 Å². The van der Waals surface area contributed by atoms with Gasteiger partial charge in [-0.2, -0.15) is 0 Å². The average molecular weight is 1380 g/mol. The van der Waals surface area contributed by atoms with Gasteiger partial charge in [-0.25, -0.2) is 9.13 Å². The Morgan fingerprint density at radius 3 is 0.723 bits per heavy atom. The number of aliphatic hydroxyl groups excluding tert-OH is 1. The predicted molar refractivity (Wildman–Crippen MR) is 381 cm³/mol. The molecule has 0 heterocycles. The lowest BCUT2D eigenvalue weighted by molar-refractivity contribution is -0.161. The highest BCUT2D eigenvalue weighted by Gasteiger charge is 2.30. The molecule has 0 saturated carbocycles. The second kappa shape index (κ2) is 66.9. The molecule has 0 aliphatic heterocycles. The minimum atomic E-state index is -4.96. The van der Waals surface area contributed by atoms with E-state index in [1.54, 1.807) is 0 Å². The van der Waals surface area contributed by atoms with Gasteiger partial charge in [-0.3, -0.25) is 37.3 Å². The molecule has 0 amide bonds. The van der Waals surface area contributed by atoms with E-state index < -0.39 is 97.5 Å². The quantitative estimate of drug-likeness (QED) is 0.0222. The normalized spacial score (nSPS) is 14.0. The van der Waals surface area contributed by atoms with Crippen molar-refractivity contribution in [3.63, 3.8) is 0 Å². The maximum atomic E-state index is 13.1. The van der Waals surface area contributed by atoms with Gasteiger partial charge in [-0.1, -0.05) is 337 Å². The molecule has 0 spiro atoms. The minimum absolute atomic E-state index is 0.105. The van der Waals surface area contributed by atoms with Crippen LogP contribution in [0, 0.1) is 11.8 Å². The molecule has 0 aliphatic rings. The van der Waals surface area contributed by atoms with Gasteiger partial charge in [-0.15, -0.1) is 0 Å². The highest BCUT2D eigenvalue weighted by Crippen LogP contribution is 2.45. The van der Waals surface area contributed by atoms with Crippen LogP contribution in [0.4, 0.5) is 0 Å². The Morgan fingerprint density at radius 2 is 0.489 bits per heavy atom. The lowest BCUT2D eigenvalue weighted by Gasteiger charge is -2.21. The van der Waals surface area contributed by atoms with E-state index in [9.17, 15) is 43.2 Å². The predicted octanol–water partition coefficient (Wildman–Crippen LogP) is 21.9. The number of unbranched alkanes of at least 4 members (excludes halogenated alkanes) is 44. The summed E-state index contributed by atoms with van der Waals surface area (Å²) in [5.41, 5.74) is 0. The minimum Gasteiger partial charge on any atom is -0.462 e. The van der Waals surface area contributed by atoms with Crippen molar-refractivity contribution in [3.05, 3.63) is 0 Å². The van der Waals surface area contributed by atoms with Gasteiger partial charge >= 0.3 is 39.5 Å². The molecule has 0 saturated heterocycles. The molecule has 17 nitrogen and oxygen atoms in total. The van der Waals surface area contributed by atoms with Crippen LogP contribution in [0.2, 0.25) is 0 Å². The lowest BCUT2D eigenvalue weighted by atomic mass is 10.0. The summed E-state index contributed by atoms with van der Waals surface area (Å²) >= 11 is 0. The molecule has 19 heteroatoms. The first kappa shape index (κ1) is 92.1. The van der Waals surface area contributed by atoms with Gasteiger partial charge < -0.3 is 33.8 Å². The number of esters is 4. The van der Waals surface area contributed by atoms with Gasteiger partial charge in [0.25, 0.3) is 0 Å². The summed E-state index contributed by atoms with van der Waals surface area (Å²) in [5, 5.41) is 10.6. The van der Waals surface area contributed by atoms with Crippen LogP contribution in [0.25, 0.3) is 0 Å². The maximum absolute atomic E-state index is 13.1. The molecular formula is C75H146O17P2. The van der Waals surface area contributed by atoms with E-state index in [4.69, 9.17) is 37.0 Å². The van der Waals surface area contributed by atoms with E-state index in [-0.39, 0.29) is 25.7 Å². The van der Waals surface area contributed by atoms with Crippen LogP contribution < -0.4 is 0 Å². The van der Waals surface area contributed by atoms with Crippen LogP contribution in [-0.4, -0.2) is 96.7 Å². The Morgan fingerprint density at radius 1 is 0.287 bits per heavy atom. The van der Waals surface area contributed by atoms with E-state index in [0.717, 1.165) is 102 Å². The smallest absolute Gasteiger partial charge is 0.462 e. The Kier molecular flexibility index (Phi) is 65.5. The monoisotopic (exact) mass is 1380 g/mol. The number of carbonyl (C=O) groups excluding carboxylic acids is 4. The summed E-state index contributed by atoms with van der Waals surface area (Å²) < 4.78 is 68.5. The van der Waals surface area contributed by atoms with Crippen molar-refractivity contribution < 1.29 is 80.2 Å². The number of rotatable bonds is 74. The Bertz CT molecular complexity index is 1820. The third-order valence-corrected chi connectivity index (χ3v) is 19.4. The molecule has 5 atom stereocenters. The standard InChI is InChI=1S/C75H146O17P2/c1-7-9-11-13-15-17-19-21-23-24-25-26-28-30-34-40-47-53-59-74(79)91-70(63-85-72(77)57-51-45-39-33-29-27-22-20-18-16-14-12-10-8-2)65-89-93(81,82)87-61-69(76)62-88-94(83,84)90-66-71(64-86-73(78)58-52-46-42-36-38-44-50-56-68(5)6)92-75(80)60-54-48-41-35-31-32-37-43-49-55-67(3)4/h67-71,76H,7-66H2,1-6H3,(H,81,82)(H,83,84)/t69-,70-,71-/m1/s1. The molecule has 94 heavy (non-hydrogen) atoms. The molecule has 0 rings (SSSR count). The molecule has 558 valence electrons. The zero-order chi connectivity index (χ0) is 69.3. The fourth-order valence-corrected chi connectivity index (χ4v) is 13.1. The van der Waals surface area contributed by atoms with E-state index in [1.807, 2.05) is 0 Å². The van der Waals surface area contributed by atoms with Crippen molar-refractivity contribution in [3.8, 4) is 0 Å². The summed E-state index contributed by atoms with van der Waals surface area (Å²) in [4.78, 5) is 72.7. The number of phosphoric ester groups is 2. The number of carbonyl (C=O) groups is 4. The van der Waals surface area contributed by atoms with Crippen molar-refractivity contribution in [2.45, 2.75) is 407 Å². The third-order valence-electron chi connectivity index (χ3n) is 17.5. The van der Waals surface area contributed by atoms with Crippen molar-refractivity contribution in [2.75, 3.05) is 39.6 Å². The van der Waals surface area contributed by atoms with E-state index >= 15 is 0 Å². The topological polar surface area (TPSA) is 237 Å². The first-order chi connectivity index (χ1) is 45.4. The van der Waals surface area contributed by atoms with Crippen LogP contribution in [0.1, 0.15) is 388 Å². The highest BCUT2D eigenvalue weighted by atomic mass is 31.2. The van der Waals surface area contributed by atoms with Crippen LogP contribution >= 0.6 is 15.6 Å². The molecular weight excluding hydrogens is 1230 g/mol. The van der Waals surface area contributed by atoms with Crippen LogP contribution in [-0.2, 0) is 65.4 Å². The van der Waals surface area contributed by atoms with E-state index in [1.165, 1.54) is 199 Å². The Balaban J connectivity index is 5.24. The molecule has 3 N–H and O–H groups in total. The zero-order valence-electron chi connectivity index (χ0n) is 61.3. The Hall–Kier alpha value is -1.94. The van der Waals surface area contributed by atoms with Gasteiger partial charge in [0.1, 0.15) is 19.3 Å². The van der Waals surface area contributed by atoms with Gasteiger partial charge in [0.15, 0.2) is 12.2 Å². The number of hydrogen-bond acceptors (Lipinski definition) is 15.